The second kappa shape index (κ2) is 6.97. The normalized spacial score (nSPS) is 11.6. The van der Waals surface area contributed by atoms with Crippen LogP contribution in [0.5, 0.6) is 0 Å². The largest absolute Gasteiger partial charge is 0.335 e. The lowest BCUT2D eigenvalue weighted by atomic mass is 10.1. The van der Waals surface area contributed by atoms with Crippen LogP contribution < -0.4 is 0 Å². The van der Waals surface area contributed by atoms with Crippen LogP contribution in [0.15, 0.2) is 61.2 Å². The lowest BCUT2D eigenvalue weighted by molar-refractivity contribution is 0.0742. The maximum Gasteiger partial charge on any atom is 0.254 e. The molecule has 0 aliphatic carbocycles. The molecule has 0 saturated heterocycles. The van der Waals surface area contributed by atoms with Crippen LogP contribution in [0.25, 0.3) is 5.69 Å². The minimum atomic E-state index is -0.0899. The zero-order valence-corrected chi connectivity index (χ0v) is 14.0. The first-order valence-electron chi connectivity index (χ1n) is 7.82. The molecule has 1 aromatic heterocycles. The molecule has 6 heteroatoms. The molecule has 0 saturated carbocycles. The number of rotatable bonds is 4. The first kappa shape index (κ1) is 16.4. The minimum absolute atomic E-state index is 0.0858. The molecular weight excluding hydrogens is 314 g/mol. The monoisotopic (exact) mass is 331 g/mol. The number of benzene rings is 2. The van der Waals surface area contributed by atoms with Crippen molar-refractivity contribution in [2.75, 3.05) is 7.05 Å². The van der Waals surface area contributed by atoms with E-state index in [2.05, 4.69) is 16.2 Å². The highest BCUT2D eigenvalue weighted by molar-refractivity contribution is 5.94. The highest BCUT2D eigenvalue weighted by atomic mass is 16.2. The standard InChI is InChI=1S/C19H17N5O/c1-14(16-7-9-18(10-8-16)24-13-21-12-22-24)23(2)19(25)17-5-3-15(11-20)4-6-17/h3-10,12-14H,1-2H3/t14-/m1/s1. The maximum atomic E-state index is 12.6. The summed E-state index contributed by atoms with van der Waals surface area (Å²) < 4.78 is 1.68. The van der Waals surface area contributed by atoms with Crippen LogP contribution in [0.4, 0.5) is 0 Å². The number of carbonyl (C=O) groups excluding carboxylic acids is 1. The van der Waals surface area contributed by atoms with Gasteiger partial charge in [-0.1, -0.05) is 12.1 Å². The summed E-state index contributed by atoms with van der Waals surface area (Å²) in [7, 11) is 1.77. The van der Waals surface area contributed by atoms with Gasteiger partial charge in [0, 0.05) is 12.6 Å². The zero-order valence-electron chi connectivity index (χ0n) is 14.0. The number of hydrogen-bond acceptors (Lipinski definition) is 4. The molecule has 0 unspecified atom stereocenters. The van der Waals surface area contributed by atoms with Gasteiger partial charge in [0.25, 0.3) is 5.91 Å². The Bertz CT molecular complexity index is 892. The summed E-state index contributed by atoms with van der Waals surface area (Å²) in [5, 5.41) is 12.9. The lowest BCUT2D eigenvalue weighted by Crippen LogP contribution is -2.29. The predicted octanol–water partition coefficient (Wildman–Crippen LogP) is 2.97. The number of nitrogens with zero attached hydrogens (tertiary/aromatic N) is 5. The van der Waals surface area contributed by atoms with Crippen molar-refractivity contribution in [1.82, 2.24) is 19.7 Å². The van der Waals surface area contributed by atoms with Crippen molar-refractivity contribution in [2.45, 2.75) is 13.0 Å². The summed E-state index contributed by atoms with van der Waals surface area (Å²) in [6, 6.07) is 16.5. The quantitative estimate of drug-likeness (QED) is 0.736. The molecule has 124 valence electrons. The second-order valence-corrected chi connectivity index (χ2v) is 5.71. The molecular formula is C19H17N5O. The average molecular weight is 331 g/mol. The fourth-order valence-electron chi connectivity index (χ4n) is 2.54. The second-order valence-electron chi connectivity index (χ2n) is 5.71. The average Bonchev–Trinajstić information content (AvgIpc) is 3.21. The van der Waals surface area contributed by atoms with Crippen LogP contribution in [0.1, 0.15) is 34.5 Å². The fraction of sp³-hybridized carbons (Fsp3) is 0.158. The topological polar surface area (TPSA) is 74.8 Å². The number of hydrogen-bond donors (Lipinski definition) is 0. The van der Waals surface area contributed by atoms with Gasteiger partial charge < -0.3 is 4.90 Å². The molecule has 6 nitrogen and oxygen atoms in total. The number of carbonyl (C=O) groups is 1. The highest BCUT2D eigenvalue weighted by Crippen LogP contribution is 2.22. The van der Waals surface area contributed by atoms with Crippen LogP contribution in [0.2, 0.25) is 0 Å². The van der Waals surface area contributed by atoms with Crippen molar-refractivity contribution in [2.24, 2.45) is 0 Å². The molecule has 3 rings (SSSR count). The Labute approximate surface area is 146 Å². The van der Waals surface area contributed by atoms with E-state index in [1.165, 1.54) is 6.33 Å². The van der Waals surface area contributed by atoms with Gasteiger partial charge >= 0.3 is 0 Å². The Kier molecular flexibility index (Phi) is 4.57. The van der Waals surface area contributed by atoms with Gasteiger partial charge in [0.15, 0.2) is 0 Å². The lowest BCUT2D eigenvalue weighted by Gasteiger charge is -2.25. The molecule has 0 spiro atoms. The summed E-state index contributed by atoms with van der Waals surface area (Å²) in [4.78, 5) is 18.3. The van der Waals surface area contributed by atoms with E-state index in [9.17, 15) is 4.79 Å². The van der Waals surface area contributed by atoms with Gasteiger partial charge in [-0.15, -0.1) is 0 Å². The van der Waals surface area contributed by atoms with E-state index in [0.717, 1.165) is 11.3 Å². The van der Waals surface area contributed by atoms with Crippen molar-refractivity contribution in [3.05, 3.63) is 77.9 Å². The summed E-state index contributed by atoms with van der Waals surface area (Å²) in [6.45, 7) is 1.98. The summed E-state index contributed by atoms with van der Waals surface area (Å²) >= 11 is 0. The first-order chi connectivity index (χ1) is 12.1. The van der Waals surface area contributed by atoms with Gasteiger partial charge in [-0.05, 0) is 48.9 Å². The van der Waals surface area contributed by atoms with E-state index < -0.39 is 0 Å². The molecule has 0 aliphatic heterocycles. The zero-order chi connectivity index (χ0) is 17.8. The van der Waals surface area contributed by atoms with Crippen molar-refractivity contribution in [1.29, 1.82) is 5.26 Å². The third-order valence-electron chi connectivity index (χ3n) is 4.22. The molecule has 0 N–H and O–H groups in total. The van der Waals surface area contributed by atoms with Gasteiger partial charge in [0.1, 0.15) is 12.7 Å². The summed E-state index contributed by atoms with van der Waals surface area (Å²) in [5.74, 6) is -0.0858. The third kappa shape index (κ3) is 3.40. The summed E-state index contributed by atoms with van der Waals surface area (Å²) in [5.41, 5.74) is 3.03. The Balaban J connectivity index is 1.76. The maximum absolute atomic E-state index is 12.6. The van der Waals surface area contributed by atoms with Gasteiger partial charge in [-0.2, -0.15) is 10.4 Å². The van der Waals surface area contributed by atoms with E-state index >= 15 is 0 Å². The molecule has 0 fully saturated rings. The van der Waals surface area contributed by atoms with Crippen molar-refractivity contribution >= 4 is 5.91 Å². The SMILES string of the molecule is C[C@H](c1ccc(-n2cncn2)cc1)N(C)C(=O)c1ccc(C#N)cc1. The Morgan fingerprint density at radius 2 is 1.84 bits per heavy atom. The minimum Gasteiger partial charge on any atom is -0.335 e. The molecule has 1 heterocycles. The van der Waals surface area contributed by atoms with Crippen LogP contribution in [-0.4, -0.2) is 32.6 Å². The van der Waals surface area contributed by atoms with Crippen molar-refractivity contribution in [3.8, 4) is 11.8 Å². The van der Waals surface area contributed by atoms with Crippen molar-refractivity contribution < 1.29 is 4.79 Å². The smallest absolute Gasteiger partial charge is 0.254 e. The predicted molar refractivity (Wildman–Crippen MR) is 93.0 cm³/mol. The van der Waals surface area contributed by atoms with Gasteiger partial charge in [-0.25, -0.2) is 9.67 Å². The molecule has 0 bridgehead atoms. The van der Waals surface area contributed by atoms with E-state index in [4.69, 9.17) is 5.26 Å². The Morgan fingerprint density at radius 1 is 1.16 bits per heavy atom. The highest BCUT2D eigenvalue weighted by Gasteiger charge is 2.19. The van der Waals surface area contributed by atoms with Gasteiger partial charge in [-0.3, -0.25) is 4.79 Å². The molecule has 25 heavy (non-hydrogen) atoms. The van der Waals surface area contributed by atoms with E-state index in [1.54, 1.807) is 47.2 Å². The number of amides is 1. The molecule has 3 aromatic rings. The Hall–Kier alpha value is -3.46. The van der Waals surface area contributed by atoms with E-state index in [-0.39, 0.29) is 11.9 Å². The number of nitriles is 1. The van der Waals surface area contributed by atoms with Crippen LogP contribution >= 0.6 is 0 Å². The van der Waals surface area contributed by atoms with Crippen LogP contribution in [-0.2, 0) is 0 Å². The summed E-state index contributed by atoms with van der Waals surface area (Å²) in [6.07, 6.45) is 3.12. The third-order valence-corrected chi connectivity index (χ3v) is 4.22. The van der Waals surface area contributed by atoms with Crippen molar-refractivity contribution in [3.63, 3.8) is 0 Å². The molecule has 0 aliphatic rings. The molecule has 2 aromatic carbocycles. The van der Waals surface area contributed by atoms with E-state index in [0.29, 0.717) is 11.1 Å². The first-order valence-corrected chi connectivity index (χ1v) is 7.82. The Morgan fingerprint density at radius 3 is 2.40 bits per heavy atom. The number of aromatic nitrogens is 3. The van der Waals surface area contributed by atoms with E-state index in [1.807, 2.05) is 31.2 Å². The molecule has 1 amide bonds. The van der Waals surface area contributed by atoms with Crippen LogP contribution in [0, 0.1) is 11.3 Å². The molecule has 0 radical (unpaired) electrons. The van der Waals surface area contributed by atoms with Crippen LogP contribution in [0.3, 0.4) is 0 Å². The van der Waals surface area contributed by atoms with Gasteiger partial charge in [0.2, 0.25) is 0 Å². The molecule has 1 atom stereocenters. The fourth-order valence-corrected chi connectivity index (χ4v) is 2.54. The van der Waals surface area contributed by atoms with Gasteiger partial charge in [0.05, 0.1) is 23.4 Å².